The number of carbonyl (C=O) groups is 4. The van der Waals surface area contributed by atoms with Gasteiger partial charge in [0.25, 0.3) is 0 Å². The number of amides is 3. The summed E-state index contributed by atoms with van der Waals surface area (Å²) in [6.07, 6.45) is 5.78. The van der Waals surface area contributed by atoms with Crippen LogP contribution in [-0.2, 0) is 19.1 Å². The first-order chi connectivity index (χ1) is 22.7. The van der Waals surface area contributed by atoms with E-state index in [1.54, 1.807) is 6.08 Å². The fraction of sp³-hybridized carbons (Fsp3) is 0.361. The van der Waals surface area contributed by atoms with E-state index in [0.29, 0.717) is 29.8 Å². The van der Waals surface area contributed by atoms with Crippen LogP contribution in [0.2, 0.25) is 0 Å². The van der Waals surface area contributed by atoms with Gasteiger partial charge in [-0.1, -0.05) is 68.3 Å². The number of fused-ring (bicyclic) bond motifs is 3. The van der Waals surface area contributed by atoms with Gasteiger partial charge in [0.1, 0.15) is 36.1 Å². The highest BCUT2D eigenvalue weighted by molar-refractivity contribution is 5.96. The molecule has 2 aromatic carbocycles. The number of carboxylic acids is 1. The molecule has 1 saturated carbocycles. The van der Waals surface area contributed by atoms with E-state index in [9.17, 15) is 24.3 Å². The highest BCUT2D eigenvalue weighted by atomic mass is 16.5. The zero-order chi connectivity index (χ0) is 33.1. The maximum atomic E-state index is 14.1. The average Bonchev–Trinajstić information content (AvgIpc) is 3.64. The lowest BCUT2D eigenvalue weighted by Gasteiger charge is -2.29. The number of benzene rings is 2. The SMILES string of the molecule is C=C[C@@H]1C[C@]1(NC(=O)[C@@H]1C[C@@H]2CN1C(=O)[C@H](CCCC)NC(=O)OCC=Cc1ccc3nc(-c4ccccc4)cc(c3c1)O2)C(=O)O. The smallest absolute Gasteiger partial charge is 0.408 e. The van der Waals surface area contributed by atoms with Crippen LogP contribution in [0.25, 0.3) is 28.2 Å². The van der Waals surface area contributed by atoms with Crippen molar-refractivity contribution >= 4 is 40.9 Å². The molecular formula is C36H38N4O7. The summed E-state index contributed by atoms with van der Waals surface area (Å²) >= 11 is 0. The van der Waals surface area contributed by atoms with Crippen molar-refractivity contribution in [2.75, 3.05) is 13.2 Å². The molecule has 4 bridgehead atoms. The highest BCUT2D eigenvalue weighted by Gasteiger charge is 2.61. The fourth-order valence-corrected chi connectivity index (χ4v) is 6.40. The molecule has 3 heterocycles. The van der Waals surface area contributed by atoms with E-state index in [1.807, 2.05) is 67.6 Å². The number of alkyl carbamates (subject to hydrolysis) is 1. The molecule has 11 nitrogen and oxygen atoms in total. The lowest BCUT2D eigenvalue weighted by molar-refractivity contribution is -0.145. The predicted octanol–water partition coefficient (Wildman–Crippen LogP) is 4.71. The summed E-state index contributed by atoms with van der Waals surface area (Å²) in [5.41, 5.74) is 1.67. The molecule has 1 aromatic heterocycles. The Balaban J connectivity index is 1.40. The van der Waals surface area contributed by atoms with Crippen molar-refractivity contribution in [3.63, 3.8) is 0 Å². The summed E-state index contributed by atoms with van der Waals surface area (Å²) in [5, 5.41) is 16.1. The molecular weight excluding hydrogens is 600 g/mol. The van der Waals surface area contributed by atoms with E-state index in [1.165, 1.54) is 11.0 Å². The third-order valence-corrected chi connectivity index (χ3v) is 9.09. The molecule has 2 aliphatic heterocycles. The van der Waals surface area contributed by atoms with Crippen LogP contribution in [0.1, 0.15) is 44.6 Å². The molecule has 3 amide bonds. The maximum Gasteiger partial charge on any atom is 0.408 e. The van der Waals surface area contributed by atoms with Gasteiger partial charge in [-0.2, -0.15) is 0 Å². The van der Waals surface area contributed by atoms with Crippen molar-refractivity contribution in [1.82, 2.24) is 20.5 Å². The molecule has 47 heavy (non-hydrogen) atoms. The molecule has 1 aliphatic carbocycles. The largest absolute Gasteiger partial charge is 0.488 e. The minimum atomic E-state index is -1.47. The lowest BCUT2D eigenvalue weighted by atomic mass is 10.1. The Morgan fingerprint density at radius 2 is 2.00 bits per heavy atom. The molecule has 3 aromatic rings. The van der Waals surface area contributed by atoms with E-state index >= 15 is 0 Å². The monoisotopic (exact) mass is 638 g/mol. The number of pyridine rings is 1. The van der Waals surface area contributed by atoms with Gasteiger partial charge >= 0.3 is 12.1 Å². The summed E-state index contributed by atoms with van der Waals surface area (Å²) in [7, 11) is 0. The standard InChI is InChI=1S/C36H38N4O7/c1-3-5-13-28-33(42)40-21-25(18-30(40)32(41)39-36(34(43)44)20-24(36)4-2)47-31-19-29(23-11-7-6-8-12-23)37-27-15-14-22(17-26(27)31)10-9-16-46-35(45)38-28/h4,6-12,14-15,17,19,24-25,28,30H,2-3,5,13,16,18,20-21H2,1H3,(H,38,45)(H,39,41)(H,43,44)/t24-,25-,28+,30+,36-/m1/s1. The second-order valence-electron chi connectivity index (χ2n) is 12.3. The van der Waals surface area contributed by atoms with Gasteiger partial charge in [-0.3, -0.25) is 9.59 Å². The molecule has 0 spiro atoms. The molecule has 3 aliphatic rings. The Labute approximate surface area is 272 Å². The second kappa shape index (κ2) is 13.3. The minimum Gasteiger partial charge on any atom is -0.488 e. The van der Waals surface area contributed by atoms with Crippen molar-refractivity contribution in [1.29, 1.82) is 0 Å². The Hall–Kier alpha value is -5.19. The summed E-state index contributed by atoms with van der Waals surface area (Å²) in [5.74, 6) is -2.10. The number of cyclic esters (lactones) is 1. The molecule has 11 heteroatoms. The first-order valence-corrected chi connectivity index (χ1v) is 16.0. The van der Waals surface area contributed by atoms with Crippen LogP contribution in [0.15, 0.2) is 73.3 Å². The Morgan fingerprint density at radius 3 is 2.72 bits per heavy atom. The number of nitrogens with one attached hydrogen (secondary N) is 2. The van der Waals surface area contributed by atoms with E-state index < -0.39 is 53.5 Å². The summed E-state index contributed by atoms with van der Waals surface area (Å²) in [6, 6.07) is 15.3. The number of aromatic nitrogens is 1. The Bertz CT molecular complexity index is 1740. The number of rotatable bonds is 8. The van der Waals surface area contributed by atoms with Gasteiger partial charge in [0.2, 0.25) is 11.8 Å². The number of unbranched alkanes of at least 4 members (excludes halogenated alkanes) is 1. The molecule has 0 radical (unpaired) electrons. The normalized spacial score (nSPS) is 25.5. The highest BCUT2D eigenvalue weighted by Crippen LogP contribution is 2.45. The first-order valence-electron chi connectivity index (χ1n) is 16.0. The molecule has 3 N–H and O–H groups in total. The molecule has 1 saturated heterocycles. The number of carbonyl (C=O) groups excluding carboxylic acids is 3. The van der Waals surface area contributed by atoms with Crippen LogP contribution < -0.4 is 15.4 Å². The first kappa shape index (κ1) is 31.8. The number of hydrogen-bond donors (Lipinski definition) is 3. The van der Waals surface area contributed by atoms with Crippen molar-refractivity contribution in [3.05, 3.63) is 78.9 Å². The van der Waals surface area contributed by atoms with Crippen LogP contribution in [0, 0.1) is 5.92 Å². The molecule has 0 unspecified atom stereocenters. The zero-order valence-corrected chi connectivity index (χ0v) is 26.2. The van der Waals surface area contributed by atoms with Gasteiger partial charge < -0.3 is 30.1 Å². The maximum absolute atomic E-state index is 14.1. The predicted molar refractivity (Wildman–Crippen MR) is 175 cm³/mol. The number of nitrogens with zero attached hydrogens (tertiary/aromatic N) is 2. The summed E-state index contributed by atoms with van der Waals surface area (Å²) in [4.78, 5) is 59.2. The number of ether oxygens (including phenoxy) is 2. The molecule has 244 valence electrons. The number of hydrogen-bond acceptors (Lipinski definition) is 7. The van der Waals surface area contributed by atoms with E-state index in [-0.39, 0.29) is 26.0 Å². The van der Waals surface area contributed by atoms with Gasteiger partial charge in [-0.05, 0) is 36.6 Å². The van der Waals surface area contributed by atoms with Crippen molar-refractivity contribution in [2.24, 2.45) is 5.92 Å². The van der Waals surface area contributed by atoms with Gasteiger partial charge in [0.05, 0.1) is 17.8 Å². The minimum absolute atomic E-state index is 0.0222. The van der Waals surface area contributed by atoms with E-state index in [2.05, 4.69) is 17.2 Å². The molecule has 6 rings (SSSR count). The number of aliphatic carboxylic acids is 1. The zero-order valence-electron chi connectivity index (χ0n) is 26.2. The quantitative estimate of drug-likeness (QED) is 0.301. The topological polar surface area (TPSA) is 147 Å². The van der Waals surface area contributed by atoms with Crippen molar-refractivity contribution in [3.8, 4) is 17.0 Å². The van der Waals surface area contributed by atoms with Gasteiger partial charge in [-0.15, -0.1) is 6.58 Å². The van der Waals surface area contributed by atoms with E-state index in [4.69, 9.17) is 14.5 Å². The average molecular weight is 639 g/mol. The summed E-state index contributed by atoms with van der Waals surface area (Å²) < 4.78 is 12.0. The second-order valence-corrected chi connectivity index (χ2v) is 12.3. The van der Waals surface area contributed by atoms with Crippen LogP contribution in [0.3, 0.4) is 0 Å². The number of carboxylic acid groups (broad SMARTS) is 1. The molecule has 5 atom stereocenters. The summed E-state index contributed by atoms with van der Waals surface area (Å²) in [6.45, 7) is 5.71. The van der Waals surface area contributed by atoms with Gasteiger partial charge in [0, 0.05) is 29.4 Å². The fourth-order valence-electron chi connectivity index (χ4n) is 6.40. The lowest BCUT2D eigenvalue weighted by Crippen LogP contribution is -2.56. The van der Waals surface area contributed by atoms with Gasteiger partial charge in [-0.25, -0.2) is 14.6 Å². The van der Waals surface area contributed by atoms with Crippen molar-refractivity contribution < 1.29 is 33.8 Å². The van der Waals surface area contributed by atoms with Crippen LogP contribution in [-0.4, -0.2) is 75.7 Å². The third-order valence-electron chi connectivity index (χ3n) is 9.09. The van der Waals surface area contributed by atoms with Crippen LogP contribution in [0.4, 0.5) is 4.79 Å². The van der Waals surface area contributed by atoms with Crippen LogP contribution >= 0.6 is 0 Å². The van der Waals surface area contributed by atoms with E-state index in [0.717, 1.165) is 22.9 Å². The molecule has 2 fully saturated rings. The Morgan fingerprint density at radius 1 is 1.19 bits per heavy atom. The Kier molecular flexibility index (Phi) is 8.97. The van der Waals surface area contributed by atoms with Crippen LogP contribution in [0.5, 0.6) is 5.75 Å². The van der Waals surface area contributed by atoms with Crippen molar-refractivity contribution in [2.45, 2.75) is 62.8 Å². The van der Waals surface area contributed by atoms with Gasteiger partial charge in [0.15, 0.2) is 0 Å². The third kappa shape index (κ3) is 6.56.